The van der Waals surface area contributed by atoms with Gasteiger partial charge in [-0.1, -0.05) is 37.3 Å². The van der Waals surface area contributed by atoms with Crippen molar-refractivity contribution in [3.05, 3.63) is 58.6 Å². The predicted molar refractivity (Wildman–Crippen MR) is 81.9 cm³/mol. The van der Waals surface area contributed by atoms with E-state index < -0.39 is 12.1 Å². The van der Waals surface area contributed by atoms with Crippen LogP contribution in [0.2, 0.25) is 0 Å². The fourth-order valence-corrected chi connectivity index (χ4v) is 1.63. The lowest BCUT2D eigenvalue weighted by Crippen LogP contribution is -2.21. The number of hydrogen-bond acceptors (Lipinski definition) is 4. The fraction of sp³-hybridized carbons (Fsp3) is 0.267. The summed E-state index contributed by atoms with van der Waals surface area (Å²) in [4.78, 5) is 26.9. The number of nitrogens with zero attached hydrogens (tertiary/aromatic N) is 1. The lowest BCUT2D eigenvalue weighted by atomic mass is 10.0. The first-order valence-electron chi connectivity index (χ1n) is 6.84. The van der Waals surface area contributed by atoms with Crippen molar-refractivity contribution < 1.29 is 23.1 Å². The predicted octanol–water partition coefficient (Wildman–Crippen LogP) is 2.62. The number of anilines is 1. The summed E-state index contributed by atoms with van der Waals surface area (Å²) >= 11 is 0. The van der Waals surface area contributed by atoms with Gasteiger partial charge in [-0.2, -0.15) is 13.2 Å². The third-order valence-corrected chi connectivity index (χ3v) is 2.89. The molecule has 0 amide bonds. The minimum atomic E-state index is -5.08. The normalized spacial score (nSPS) is 11.8. The van der Waals surface area contributed by atoms with Crippen LogP contribution in [-0.4, -0.2) is 33.8 Å². The molecule has 0 aliphatic rings. The third-order valence-electron chi connectivity index (χ3n) is 2.89. The minimum absolute atomic E-state index is 0.187. The molecule has 1 heterocycles. The van der Waals surface area contributed by atoms with E-state index in [2.05, 4.69) is 34.3 Å². The van der Waals surface area contributed by atoms with Crippen molar-refractivity contribution in [1.82, 2.24) is 9.97 Å². The Bertz CT molecular complexity index is 702. The quantitative estimate of drug-likeness (QED) is 0.793. The van der Waals surface area contributed by atoms with Crippen LogP contribution < -0.4 is 10.9 Å². The number of aromatic nitrogens is 2. The molecule has 2 aromatic rings. The van der Waals surface area contributed by atoms with Gasteiger partial charge in [0.05, 0.1) is 0 Å². The molecule has 0 fully saturated rings. The van der Waals surface area contributed by atoms with Crippen LogP contribution in [0, 0.1) is 0 Å². The Morgan fingerprint density at radius 3 is 2.42 bits per heavy atom. The molecular weight excluding hydrogens is 327 g/mol. The van der Waals surface area contributed by atoms with E-state index in [0.717, 1.165) is 0 Å². The Morgan fingerprint density at radius 1 is 1.33 bits per heavy atom. The number of alkyl halides is 3. The van der Waals surface area contributed by atoms with Gasteiger partial charge in [0.2, 0.25) is 0 Å². The van der Waals surface area contributed by atoms with Gasteiger partial charge in [-0.15, -0.1) is 0 Å². The summed E-state index contributed by atoms with van der Waals surface area (Å²) in [5.41, 5.74) is 1.06. The van der Waals surface area contributed by atoms with Crippen LogP contribution in [0.25, 0.3) is 0 Å². The second kappa shape index (κ2) is 8.70. The Labute approximate surface area is 135 Å². The maximum atomic E-state index is 11.4. The van der Waals surface area contributed by atoms with Crippen molar-refractivity contribution in [1.29, 1.82) is 0 Å². The van der Waals surface area contributed by atoms with Crippen LogP contribution in [0.4, 0.5) is 19.0 Å². The maximum Gasteiger partial charge on any atom is 0.490 e. The van der Waals surface area contributed by atoms with Crippen molar-refractivity contribution in [3.8, 4) is 0 Å². The van der Waals surface area contributed by atoms with E-state index >= 15 is 0 Å². The summed E-state index contributed by atoms with van der Waals surface area (Å²) in [5.74, 6) is -2.06. The van der Waals surface area contributed by atoms with Gasteiger partial charge in [-0.25, -0.2) is 9.78 Å². The lowest BCUT2D eigenvalue weighted by molar-refractivity contribution is -0.192. The highest BCUT2D eigenvalue weighted by atomic mass is 19.4. The number of carboxylic acid groups (broad SMARTS) is 1. The van der Waals surface area contributed by atoms with Gasteiger partial charge in [0.25, 0.3) is 5.56 Å². The molecule has 130 valence electrons. The number of aromatic amines is 1. The number of carbonyl (C=O) groups is 1. The van der Waals surface area contributed by atoms with Gasteiger partial charge < -0.3 is 15.4 Å². The summed E-state index contributed by atoms with van der Waals surface area (Å²) < 4.78 is 31.7. The van der Waals surface area contributed by atoms with Crippen molar-refractivity contribution in [2.45, 2.75) is 19.0 Å². The first kappa shape index (κ1) is 19.2. The Morgan fingerprint density at radius 2 is 1.92 bits per heavy atom. The van der Waals surface area contributed by atoms with E-state index in [0.29, 0.717) is 18.3 Å². The summed E-state index contributed by atoms with van der Waals surface area (Å²) in [5, 5.41) is 10.2. The fourth-order valence-electron chi connectivity index (χ4n) is 1.63. The number of benzene rings is 1. The van der Waals surface area contributed by atoms with Gasteiger partial charge in [0.15, 0.2) is 5.82 Å². The van der Waals surface area contributed by atoms with Crippen molar-refractivity contribution in [2.24, 2.45) is 0 Å². The van der Waals surface area contributed by atoms with E-state index in [1.165, 1.54) is 11.8 Å². The van der Waals surface area contributed by atoms with Crippen molar-refractivity contribution >= 4 is 11.8 Å². The number of aliphatic carboxylic acids is 1. The number of hydrogen-bond donors (Lipinski definition) is 3. The topological polar surface area (TPSA) is 95.1 Å². The molecule has 0 bridgehead atoms. The van der Waals surface area contributed by atoms with Crippen LogP contribution in [0.3, 0.4) is 0 Å². The molecule has 6 nitrogen and oxygen atoms in total. The van der Waals surface area contributed by atoms with Crippen LogP contribution >= 0.6 is 0 Å². The molecule has 9 heteroatoms. The van der Waals surface area contributed by atoms with Crippen molar-refractivity contribution in [3.63, 3.8) is 0 Å². The van der Waals surface area contributed by atoms with E-state index in [-0.39, 0.29) is 5.56 Å². The molecule has 0 aliphatic heterocycles. The third kappa shape index (κ3) is 6.51. The van der Waals surface area contributed by atoms with Gasteiger partial charge in [-0.3, -0.25) is 4.79 Å². The monoisotopic (exact) mass is 343 g/mol. The lowest BCUT2D eigenvalue weighted by Gasteiger charge is -2.12. The van der Waals surface area contributed by atoms with E-state index in [4.69, 9.17) is 9.90 Å². The molecule has 2 rings (SSSR count). The average Bonchev–Trinajstić information content (AvgIpc) is 2.54. The standard InChI is InChI=1S/C13H15N3O.C2HF3O2/c1-10(11-5-3-2-4-6-11)9-16-12-13(17)15-8-7-14-12;3-2(4,5)1(6)7/h2-8,10H,9H2,1H3,(H,14,16)(H,15,17);(H,6,7). The maximum absolute atomic E-state index is 11.4. The molecule has 0 saturated heterocycles. The Kier molecular flexibility index (Phi) is 6.97. The van der Waals surface area contributed by atoms with Crippen LogP contribution in [0.15, 0.2) is 47.5 Å². The van der Waals surface area contributed by atoms with Gasteiger partial charge in [-0.05, 0) is 11.5 Å². The highest BCUT2D eigenvalue weighted by Crippen LogP contribution is 2.14. The molecule has 0 radical (unpaired) electrons. The Balaban J connectivity index is 0.000000351. The number of nitrogens with one attached hydrogen (secondary N) is 2. The number of carboxylic acids is 1. The molecule has 1 aromatic carbocycles. The smallest absolute Gasteiger partial charge is 0.475 e. The molecule has 1 aromatic heterocycles. The summed E-state index contributed by atoms with van der Waals surface area (Å²) in [6.45, 7) is 2.80. The largest absolute Gasteiger partial charge is 0.490 e. The molecule has 0 spiro atoms. The molecule has 0 saturated carbocycles. The number of rotatable bonds is 4. The number of halogens is 3. The van der Waals surface area contributed by atoms with E-state index in [1.54, 1.807) is 6.20 Å². The molecule has 24 heavy (non-hydrogen) atoms. The second-order valence-corrected chi connectivity index (χ2v) is 4.76. The first-order chi connectivity index (χ1) is 11.2. The summed E-state index contributed by atoms with van der Waals surface area (Å²) in [6.07, 6.45) is -1.99. The molecule has 1 unspecified atom stereocenters. The summed E-state index contributed by atoms with van der Waals surface area (Å²) in [6, 6.07) is 10.2. The van der Waals surface area contributed by atoms with Crippen LogP contribution in [-0.2, 0) is 4.79 Å². The van der Waals surface area contributed by atoms with Crippen LogP contribution in [0.5, 0.6) is 0 Å². The van der Waals surface area contributed by atoms with Crippen molar-refractivity contribution in [2.75, 3.05) is 11.9 Å². The molecular formula is C15H16F3N3O3. The number of H-pyrrole nitrogens is 1. The summed E-state index contributed by atoms with van der Waals surface area (Å²) in [7, 11) is 0. The molecule has 3 N–H and O–H groups in total. The zero-order valence-electron chi connectivity index (χ0n) is 12.7. The van der Waals surface area contributed by atoms with Gasteiger partial charge >= 0.3 is 12.1 Å². The average molecular weight is 343 g/mol. The van der Waals surface area contributed by atoms with Gasteiger partial charge in [0.1, 0.15) is 0 Å². The van der Waals surface area contributed by atoms with Crippen LogP contribution in [0.1, 0.15) is 18.4 Å². The second-order valence-electron chi connectivity index (χ2n) is 4.76. The molecule has 0 aliphatic carbocycles. The van der Waals surface area contributed by atoms with E-state index in [1.807, 2.05) is 18.2 Å². The van der Waals surface area contributed by atoms with Gasteiger partial charge in [0, 0.05) is 18.9 Å². The zero-order valence-corrected chi connectivity index (χ0v) is 12.7. The Hall–Kier alpha value is -2.84. The highest BCUT2D eigenvalue weighted by Gasteiger charge is 2.38. The molecule has 1 atom stereocenters. The first-order valence-corrected chi connectivity index (χ1v) is 6.84. The zero-order chi connectivity index (χ0) is 18.2. The minimum Gasteiger partial charge on any atom is -0.475 e. The SMILES string of the molecule is CC(CNc1ncc[nH]c1=O)c1ccccc1.O=C(O)C(F)(F)F. The highest BCUT2D eigenvalue weighted by molar-refractivity contribution is 5.73. The van der Waals surface area contributed by atoms with E-state index in [9.17, 15) is 18.0 Å².